The maximum Gasteiger partial charge on any atom is 0.255 e. The first-order valence-electron chi connectivity index (χ1n) is 9.47. The van der Waals surface area contributed by atoms with Crippen LogP contribution < -0.4 is 4.74 Å². The summed E-state index contributed by atoms with van der Waals surface area (Å²) in [4.78, 5) is 32.2. The lowest BCUT2D eigenvalue weighted by molar-refractivity contribution is 0.0535. The van der Waals surface area contributed by atoms with Gasteiger partial charge in [0.2, 0.25) is 0 Å². The number of hydrogen-bond acceptors (Lipinski definition) is 3. The van der Waals surface area contributed by atoms with Crippen molar-refractivity contribution in [3.05, 3.63) is 52.8 Å². The number of hydrogen-bond donors (Lipinski definition) is 1. The molecule has 2 amide bonds. The van der Waals surface area contributed by atoms with Crippen molar-refractivity contribution in [3.63, 3.8) is 0 Å². The van der Waals surface area contributed by atoms with Gasteiger partial charge in [-0.2, -0.15) is 0 Å². The molecule has 1 aliphatic heterocycles. The summed E-state index contributed by atoms with van der Waals surface area (Å²) in [6.07, 6.45) is 0.950. The number of nitrogens with one attached hydrogen (secondary N) is 1. The summed E-state index contributed by atoms with van der Waals surface area (Å²) in [5.41, 5.74) is 3.24. The van der Waals surface area contributed by atoms with Crippen molar-refractivity contribution in [2.75, 3.05) is 32.8 Å². The van der Waals surface area contributed by atoms with E-state index in [1.165, 1.54) is 0 Å². The smallest absolute Gasteiger partial charge is 0.255 e. The SMILES string of the molecule is CCCOc1ccc(C(=O)N2CCN(C(=O)c3cc(C)[nH]c3C)CC2)cc1. The third-order valence-corrected chi connectivity index (χ3v) is 4.81. The van der Waals surface area contributed by atoms with Crippen LogP contribution in [0.3, 0.4) is 0 Å². The molecule has 0 radical (unpaired) electrons. The minimum atomic E-state index is -0.00203. The molecule has 144 valence electrons. The van der Waals surface area contributed by atoms with Crippen molar-refractivity contribution in [3.8, 4) is 5.75 Å². The average molecular weight is 369 g/mol. The van der Waals surface area contributed by atoms with E-state index in [0.29, 0.717) is 38.3 Å². The van der Waals surface area contributed by atoms with Gasteiger partial charge in [-0.05, 0) is 50.6 Å². The van der Waals surface area contributed by atoms with Crippen molar-refractivity contribution in [1.29, 1.82) is 0 Å². The van der Waals surface area contributed by atoms with Crippen LogP contribution in [0.1, 0.15) is 45.4 Å². The van der Waals surface area contributed by atoms with Gasteiger partial charge in [-0.3, -0.25) is 9.59 Å². The van der Waals surface area contributed by atoms with E-state index in [1.807, 2.05) is 36.9 Å². The van der Waals surface area contributed by atoms with E-state index in [9.17, 15) is 9.59 Å². The van der Waals surface area contributed by atoms with Crippen molar-refractivity contribution >= 4 is 11.8 Å². The molecule has 0 unspecified atom stereocenters. The zero-order valence-electron chi connectivity index (χ0n) is 16.2. The number of rotatable bonds is 5. The molecule has 1 N–H and O–H groups in total. The summed E-state index contributed by atoms with van der Waals surface area (Å²) in [5, 5.41) is 0. The molecular formula is C21H27N3O3. The van der Waals surface area contributed by atoms with Crippen molar-refractivity contribution in [2.24, 2.45) is 0 Å². The lowest BCUT2D eigenvalue weighted by atomic mass is 10.1. The van der Waals surface area contributed by atoms with Gasteiger partial charge >= 0.3 is 0 Å². The fraction of sp³-hybridized carbons (Fsp3) is 0.429. The molecule has 1 saturated heterocycles. The molecule has 0 spiro atoms. The molecule has 6 nitrogen and oxygen atoms in total. The van der Waals surface area contributed by atoms with Gasteiger partial charge in [0.15, 0.2) is 0 Å². The first kappa shape index (κ1) is 19.0. The molecule has 1 aromatic heterocycles. The molecule has 1 aliphatic rings. The number of piperazine rings is 1. The molecule has 6 heteroatoms. The van der Waals surface area contributed by atoms with Crippen LogP contribution in [0.5, 0.6) is 5.75 Å². The number of aromatic nitrogens is 1. The largest absolute Gasteiger partial charge is 0.494 e. The van der Waals surface area contributed by atoms with Crippen molar-refractivity contribution in [2.45, 2.75) is 27.2 Å². The molecule has 3 rings (SSSR count). The van der Waals surface area contributed by atoms with Crippen molar-refractivity contribution in [1.82, 2.24) is 14.8 Å². The Morgan fingerprint density at radius 3 is 2.11 bits per heavy atom. The Hall–Kier alpha value is -2.76. The van der Waals surface area contributed by atoms with Gasteiger partial charge in [-0.25, -0.2) is 0 Å². The van der Waals surface area contributed by atoms with Gasteiger partial charge < -0.3 is 19.5 Å². The number of amides is 2. The van der Waals surface area contributed by atoms with Gasteiger partial charge in [0.1, 0.15) is 5.75 Å². The maximum absolute atomic E-state index is 12.7. The van der Waals surface area contributed by atoms with Crippen LogP contribution in [0.4, 0.5) is 0 Å². The predicted octanol–water partition coefficient (Wildman–Crippen LogP) is 3.02. The topological polar surface area (TPSA) is 65.6 Å². The highest BCUT2D eigenvalue weighted by Crippen LogP contribution is 2.17. The predicted molar refractivity (Wildman–Crippen MR) is 104 cm³/mol. The second-order valence-corrected chi connectivity index (χ2v) is 6.95. The van der Waals surface area contributed by atoms with Crippen molar-refractivity contribution < 1.29 is 14.3 Å². The Morgan fingerprint density at radius 2 is 1.59 bits per heavy atom. The lowest BCUT2D eigenvalue weighted by Gasteiger charge is -2.34. The first-order valence-corrected chi connectivity index (χ1v) is 9.47. The molecule has 1 aromatic carbocycles. The Labute approximate surface area is 160 Å². The van der Waals surface area contributed by atoms with Gasteiger partial charge in [0.25, 0.3) is 11.8 Å². The number of H-pyrrole nitrogens is 1. The Balaban J connectivity index is 1.57. The number of benzene rings is 1. The second kappa shape index (κ2) is 8.29. The number of carbonyl (C=O) groups is 2. The third kappa shape index (κ3) is 4.32. The molecular weight excluding hydrogens is 342 g/mol. The molecule has 0 atom stereocenters. The molecule has 0 bridgehead atoms. The molecule has 1 fully saturated rings. The molecule has 0 saturated carbocycles. The second-order valence-electron chi connectivity index (χ2n) is 6.95. The standard InChI is InChI=1S/C21H27N3O3/c1-4-13-27-18-7-5-17(6-8-18)20(25)23-9-11-24(12-10-23)21(26)19-14-15(2)22-16(19)3/h5-8,14,22H,4,9-13H2,1-3H3. The lowest BCUT2D eigenvalue weighted by Crippen LogP contribution is -2.50. The van der Waals surface area contributed by atoms with E-state index in [1.54, 1.807) is 17.0 Å². The summed E-state index contributed by atoms with van der Waals surface area (Å²) in [6, 6.07) is 9.16. The molecule has 27 heavy (non-hydrogen) atoms. The third-order valence-electron chi connectivity index (χ3n) is 4.81. The van der Waals surface area contributed by atoms with Crippen LogP contribution in [-0.2, 0) is 0 Å². The van der Waals surface area contributed by atoms with Crippen LogP contribution in [0, 0.1) is 13.8 Å². The number of carbonyl (C=O) groups excluding carboxylic acids is 2. The Bertz CT molecular complexity index is 803. The quantitative estimate of drug-likeness (QED) is 0.881. The van der Waals surface area contributed by atoms with E-state index in [4.69, 9.17) is 4.74 Å². The highest BCUT2D eigenvalue weighted by atomic mass is 16.5. The zero-order valence-corrected chi connectivity index (χ0v) is 16.2. The van der Waals surface area contributed by atoms with Crippen LogP contribution in [0.25, 0.3) is 0 Å². The van der Waals surface area contributed by atoms with E-state index < -0.39 is 0 Å². The van der Waals surface area contributed by atoms with Crippen LogP contribution in [0.2, 0.25) is 0 Å². The van der Waals surface area contributed by atoms with Gasteiger partial charge in [0, 0.05) is 43.1 Å². The first-order chi connectivity index (χ1) is 13.0. The minimum Gasteiger partial charge on any atom is -0.494 e. The van der Waals surface area contributed by atoms with E-state index >= 15 is 0 Å². The van der Waals surface area contributed by atoms with Crippen LogP contribution in [-0.4, -0.2) is 59.4 Å². The summed E-state index contributed by atoms with van der Waals surface area (Å²) in [6.45, 7) is 8.76. The maximum atomic E-state index is 12.7. The number of nitrogens with zero attached hydrogens (tertiary/aromatic N) is 2. The monoisotopic (exact) mass is 369 g/mol. The van der Waals surface area contributed by atoms with E-state index in [-0.39, 0.29) is 11.8 Å². The Morgan fingerprint density at radius 1 is 1.00 bits per heavy atom. The number of aryl methyl sites for hydroxylation is 2. The summed E-state index contributed by atoms with van der Waals surface area (Å²) in [7, 11) is 0. The fourth-order valence-corrected chi connectivity index (χ4v) is 3.33. The van der Waals surface area contributed by atoms with Gasteiger partial charge in [-0.1, -0.05) is 6.92 Å². The van der Waals surface area contributed by atoms with Crippen LogP contribution >= 0.6 is 0 Å². The molecule has 2 aromatic rings. The number of ether oxygens (including phenoxy) is 1. The summed E-state index contributed by atoms with van der Waals surface area (Å²) in [5.74, 6) is 0.806. The summed E-state index contributed by atoms with van der Waals surface area (Å²) < 4.78 is 5.56. The van der Waals surface area contributed by atoms with E-state index in [0.717, 1.165) is 29.1 Å². The van der Waals surface area contributed by atoms with E-state index in [2.05, 4.69) is 11.9 Å². The van der Waals surface area contributed by atoms with Gasteiger partial charge in [0.05, 0.1) is 12.2 Å². The van der Waals surface area contributed by atoms with Gasteiger partial charge in [-0.15, -0.1) is 0 Å². The average Bonchev–Trinajstić information content (AvgIpc) is 3.04. The zero-order chi connectivity index (χ0) is 19.4. The number of aromatic amines is 1. The Kier molecular flexibility index (Phi) is 5.84. The van der Waals surface area contributed by atoms with Crippen LogP contribution in [0.15, 0.2) is 30.3 Å². The highest BCUT2D eigenvalue weighted by Gasteiger charge is 2.26. The fourth-order valence-electron chi connectivity index (χ4n) is 3.33. The highest BCUT2D eigenvalue weighted by molar-refractivity contribution is 5.96. The minimum absolute atomic E-state index is 0.00203. The molecule has 2 heterocycles. The molecule has 0 aliphatic carbocycles. The summed E-state index contributed by atoms with van der Waals surface area (Å²) >= 11 is 0. The normalized spacial score (nSPS) is 14.3.